The number of thiophene rings is 1. The van der Waals surface area contributed by atoms with E-state index in [1.54, 1.807) is 23.5 Å². The minimum Gasteiger partial charge on any atom is -0.294 e. The van der Waals surface area contributed by atoms with E-state index in [2.05, 4.69) is 15.9 Å². The lowest BCUT2D eigenvalue weighted by molar-refractivity contribution is 0.0993. The minimum atomic E-state index is 0.105. The Morgan fingerprint density at radius 2 is 2.18 bits per heavy atom. The van der Waals surface area contributed by atoms with Gasteiger partial charge >= 0.3 is 0 Å². The van der Waals surface area contributed by atoms with Crippen molar-refractivity contribution < 1.29 is 4.79 Å². The average molecular weight is 330 g/mol. The molecule has 0 bridgehead atoms. The van der Waals surface area contributed by atoms with Crippen molar-refractivity contribution in [3.8, 4) is 0 Å². The topological polar surface area (TPSA) is 17.1 Å². The summed E-state index contributed by atoms with van der Waals surface area (Å²) in [6.45, 7) is 1.92. The quantitative estimate of drug-likeness (QED) is 0.732. The van der Waals surface area contributed by atoms with E-state index in [-0.39, 0.29) is 5.78 Å². The van der Waals surface area contributed by atoms with Gasteiger partial charge in [-0.3, -0.25) is 4.79 Å². The molecule has 1 nitrogen and oxygen atoms in total. The van der Waals surface area contributed by atoms with Crippen LogP contribution < -0.4 is 0 Å². The van der Waals surface area contributed by atoms with Crippen LogP contribution in [0.4, 0.5) is 0 Å². The number of carbonyl (C=O) groups is 1. The fourth-order valence-electron chi connectivity index (χ4n) is 1.59. The summed E-state index contributed by atoms with van der Waals surface area (Å²) in [5.74, 6) is 0.105. The molecule has 0 radical (unpaired) electrons. The zero-order chi connectivity index (χ0) is 12.4. The summed E-state index contributed by atoms with van der Waals surface area (Å²) < 4.78 is 0.996. The minimum absolute atomic E-state index is 0.105. The maximum Gasteiger partial charge on any atom is 0.168 e. The number of hydrogen-bond donors (Lipinski definition) is 0. The summed E-state index contributed by atoms with van der Waals surface area (Å²) in [6, 6.07) is 7.37. The lowest BCUT2D eigenvalue weighted by Gasteiger charge is -2.05. The van der Waals surface area contributed by atoms with E-state index >= 15 is 0 Å². The van der Waals surface area contributed by atoms with Gasteiger partial charge in [0.15, 0.2) is 5.78 Å². The molecule has 0 saturated heterocycles. The monoisotopic (exact) mass is 328 g/mol. The van der Waals surface area contributed by atoms with E-state index in [0.29, 0.717) is 17.0 Å². The summed E-state index contributed by atoms with van der Waals surface area (Å²) in [5.41, 5.74) is 1.67. The number of carbonyl (C=O) groups excluding carboxylic acids is 1. The van der Waals surface area contributed by atoms with Crippen LogP contribution in [0.2, 0.25) is 5.02 Å². The van der Waals surface area contributed by atoms with Crippen LogP contribution in [0.3, 0.4) is 0 Å². The van der Waals surface area contributed by atoms with E-state index in [1.807, 2.05) is 24.4 Å². The normalized spacial score (nSPS) is 10.5. The lowest BCUT2D eigenvalue weighted by Crippen LogP contribution is -2.04. The molecule has 0 unspecified atom stereocenters. The zero-order valence-electron chi connectivity index (χ0n) is 9.17. The first-order valence-corrected chi connectivity index (χ1v) is 7.14. The van der Waals surface area contributed by atoms with Gasteiger partial charge in [0.1, 0.15) is 0 Å². The molecule has 0 saturated carbocycles. The molecule has 2 aromatic rings. The van der Waals surface area contributed by atoms with Crippen molar-refractivity contribution in [3.05, 3.63) is 55.1 Å². The summed E-state index contributed by atoms with van der Waals surface area (Å²) in [6.07, 6.45) is 0.416. The average Bonchev–Trinajstić information content (AvgIpc) is 2.68. The molecule has 0 spiro atoms. The Bertz CT molecular complexity index is 562. The first-order valence-electron chi connectivity index (χ1n) is 5.09. The molecular weight excluding hydrogens is 320 g/mol. The molecule has 0 aliphatic rings. The maximum atomic E-state index is 12.2. The standard InChI is InChI=1S/C13H10BrClOS/c1-8-2-3-9(15)6-10(8)12(16)7-13-11(14)4-5-17-13/h2-6H,7H2,1H3. The largest absolute Gasteiger partial charge is 0.294 e. The van der Waals surface area contributed by atoms with Crippen LogP contribution in [-0.4, -0.2) is 5.78 Å². The Labute approximate surface area is 118 Å². The van der Waals surface area contributed by atoms with E-state index in [0.717, 1.165) is 14.9 Å². The van der Waals surface area contributed by atoms with Crippen LogP contribution in [0.5, 0.6) is 0 Å². The van der Waals surface area contributed by atoms with E-state index < -0.39 is 0 Å². The predicted octanol–water partition coefficient (Wildman–Crippen LogP) is 4.90. The molecule has 1 heterocycles. The maximum absolute atomic E-state index is 12.2. The molecule has 0 aliphatic carbocycles. The highest BCUT2D eigenvalue weighted by Crippen LogP contribution is 2.25. The van der Waals surface area contributed by atoms with Gasteiger partial charge in [0.05, 0.1) is 0 Å². The number of benzene rings is 1. The van der Waals surface area contributed by atoms with Crippen molar-refractivity contribution in [2.24, 2.45) is 0 Å². The van der Waals surface area contributed by atoms with E-state index in [4.69, 9.17) is 11.6 Å². The third kappa shape index (κ3) is 2.97. The van der Waals surface area contributed by atoms with Gasteiger partial charge in [-0.25, -0.2) is 0 Å². The smallest absolute Gasteiger partial charge is 0.168 e. The summed E-state index contributed by atoms with van der Waals surface area (Å²) >= 11 is 10.9. The van der Waals surface area contributed by atoms with Gasteiger partial charge in [-0.1, -0.05) is 17.7 Å². The molecule has 88 valence electrons. The SMILES string of the molecule is Cc1ccc(Cl)cc1C(=O)Cc1sccc1Br. The molecule has 17 heavy (non-hydrogen) atoms. The van der Waals surface area contributed by atoms with Crippen LogP contribution >= 0.6 is 38.9 Å². The van der Waals surface area contributed by atoms with Gasteiger partial charge in [-0.05, 0) is 52.0 Å². The number of rotatable bonds is 3. The first-order chi connectivity index (χ1) is 8.08. The Kier molecular flexibility index (Phi) is 4.02. The van der Waals surface area contributed by atoms with Crippen molar-refractivity contribution in [2.45, 2.75) is 13.3 Å². The highest BCUT2D eigenvalue weighted by molar-refractivity contribution is 9.10. The number of Topliss-reactive ketones (excluding diaryl/α,β-unsaturated/α-hetero) is 1. The Balaban J connectivity index is 2.26. The fraction of sp³-hybridized carbons (Fsp3) is 0.154. The molecule has 0 amide bonds. The number of ketones is 1. The molecular formula is C13H10BrClOS. The Morgan fingerprint density at radius 1 is 1.41 bits per heavy atom. The Hall–Kier alpha value is -0.640. The summed E-state index contributed by atoms with van der Waals surface area (Å²) in [7, 11) is 0. The van der Waals surface area contributed by atoms with Crippen molar-refractivity contribution in [2.75, 3.05) is 0 Å². The van der Waals surface area contributed by atoms with Gasteiger partial charge in [0, 0.05) is 26.4 Å². The van der Waals surface area contributed by atoms with E-state index in [1.165, 1.54) is 0 Å². The molecule has 0 atom stereocenters. The molecule has 1 aromatic heterocycles. The van der Waals surface area contributed by atoms with Crippen molar-refractivity contribution >= 4 is 44.7 Å². The summed E-state index contributed by atoms with van der Waals surface area (Å²) in [5, 5.41) is 2.57. The van der Waals surface area contributed by atoms with Crippen molar-refractivity contribution in [1.82, 2.24) is 0 Å². The van der Waals surface area contributed by atoms with Gasteiger partial charge < -0.3 is 0 Å². The number of hydrogen-bond acceptors (Lipinski definition) is 2. The molecule has 1 aromatic carbocycles. The van der Waals surface area contributed by atoms with Crippen molar-refractivity contribution in [3.63, 3.8) is 0 Å². The number of halogens is 2. The van der Waals surface area contributed by atoms with Crippen molar-refractivity contribution in [1.29, 1.82) is 0 Å². The highest BCUT2D eigenvalue weighted by Gasteiger charge is 2.13. The van der Waals surface area contributed by atoms with E-state index in [9.17, 15) is 4.79 Å². The van der Waals surface area contributed by atoms with Gasteiger partial charge in [-0.15, -0.1) is 11.3 Å². The van der Waals surface area contributed by atoms with Crippen LogP contribution in [0.1, 0.15) is 20.8 Å². The molecule has 2 rings (SSSR count). The van der Waals surface area contributed by atoms with Crippen LogP contribution in [0, 0.1) is 6.92 Å². The molecule has 0 N–H and O–H groups in total. The third-order valence-electron chi connectivity index (χ3n) is 2.51. The lowest BCUT2D eigenvalue weighted by atomic mass is 10.0. The fourth-order valence-corrected chi connectivity index (χ4v) is 3.25. The van der Waals surface area contributed by atoms with Crippen LogP contribution in [-0.2, 0) is 6.42 Å². The van der Waals surface area contributed by atoms with Crippen LogP contribution in [0.25, 0.3) is 0 Å². The van der Waals surface area contributed by atoms with Crippen LogP contribution in [0.15, 0.2) is 34.1 Å². The third-order valence-corrected chi connectivity index (χ3v) is 4.67. The Morgan fingerprint density at radius 3 is 2.82 bits per heavy atom. The highest BCUT2D eigenvalue weighted by atomic mass is 79.9. The van der Waals surface area contributed by atoms with Gasteiger partial charge in [0.2, 0.25) is 0 Å². The first kappa shape index (κ1) is 12.8. The second-order valence-corrected chi connectivity index (χ2v) is 6.04. The molecule has 0 fully saturated rings. The second kappa shape index (κ2) is 5.34. The molecule has 4 heteroatoms. The van der Waals surface area contributed by atoms with Gasteiger partial charge in [-0.2, -0.15) is 0 Å². The summed E-state index contributed by atoms with van der Waals surface area (Å²) in [4.78, 5) is 13.2. The zero-order valence-corrected chi connectivity index (χ0v) is 12.3. The second-order valence-electron chi connectivity index (χ2n) is 3.75. The number of aryl methyl sites for hydroxylation is 1. The predicted molar refractivity (Wildman–Crippen MR) is 76.2 cm³/mol. The molecule has 0 aliphatic heterocycles. The van der Waals surface area contributed by atoms with Gasteiger partial charge in [0.25, 0.3) is 0 Å².